The van der Waals surface area contributed by atoms with Crippen molar-refractivity contribution in [3.8, 4) is 46.0 Å². The second-order valence-corrected chi connectivity index (χ2v) is 12.1. The Balaban J connectivity index is 0.000000240. The van der Waals surface area contributed by atoms with E-state index < -0.39 is 11.5 Å². The van der Waals surface area contributed by atoms with Gasteiger partial charge in [-0.05, 0) is 24.3 Å². The maximum atomic E-state index is 10.1. The third-order valence-electron chi connectivity index (χ3n) is 5.68. The van der Waals surface area contributed by atoms with Crippen molar-refractivity contribution in [2.75, 3.05) is 0 Å². The van der Waals surface area contributed by atoms with Crippen LogP contribution in [0.25, 0.3) is 11.1 Å². The van der Waals surface area contributed by atoms with Gasteiger partial charge in [0.1, 0.15) is 55.0 Å². The Morgan fingerprint density at radius 3 is 1.00 bits per heavy atom. The molecule has 0 atom stereocenters. The van der Waals surface area contributed by atoms with Gasteiger partial charge < -0.3 is 40.9 Å². The van der Waals surface area contributed by atoms with Crippen LogP contribution in [0.4, 0.5) is 0 Å². The summed E-state index contributed by atoms with van der Waals surface area (Å²) in [5, 5.41) is 78.3. The fourth-order valence-corrected chi connectivity index (χ4v) is 5.31. The zero-order valence-corrected chi connectivity index (χ0v) is 27.3. The average molecular weight is 764 g/mol. The van der Waals surface area contributed by atoms with Gasteiger partial charge in [-0.25, -0.2) is 0 Å². The lowest BCUT2D eigenvalue weighted by molar-refractivity contribution is 0.456. The van der Waals surface area contributed by atoms with Gasteiger partial charge in [0.05, 0.1) is 20.1 Å². The Kier molecular flexibility index (Phi) is 11.7. The number of hydrogen-bond donors (Lipinski definition) is 8. The summed E-state index contributed by atoms with van der Waals surface area (Å²) in [5.74, 6) is -2.63. The van der Waals surface area contributed by atoms with Crippen LogP contribution in [0.3, 0.4) is 0 Å². The summed E-state index contributed by atoms with van der Waals surface area (Å²) in [5.41, 5.74) is -0.132. The first-order valence-corrected chi connectivity index (χ1v) is 14.4. The highest BCUT2D eigenvalue weighted by molar-refractivity contribution is 6.59. The fraction of sp³-hybridized carbons (Fsp3) is 0. The summed E-state index contributed by atoms with van der Waals surface area (Å²) >= 11 is 46.3. The minimum atomic E-state index is -0.410. The third-order valence-corrected chi connectivity index (χ3v) is 7.62. The Hall–Kier alpha value is -2.92. The molecule has 0 bridgehead atoms. The molecule has 0 aromatic heterocycles. The second kappa shape index (κ2) is 14.5. The summed E-state index contributed by atoms with van der Waals surface area (Å²) in [7, 11) is 0. The van der Waals surface area contributed by atoms with E-state index in [0.29, 0.717) is 0 Å². The largest absolute Gasteiger partial charge is 0.508 e. The first kappa shape index (κ1) is 35.6. The van der Waals surface area contributed by atoms with E-state index in [2.05, 4.69) is 0 Å². The molecule has 4 aromatic rings. The Labute approximate surface area is 288 Å². The van der Waals surface area contributed by atoms with Crippen LogP contribution in [0.2, 0.25) is 20.1 Å². The quantitative estimate of drug-likeness (QED) is 0.0953. The molecule has 0 aliphatic rings. The van der Waals surface area contributed by atoms with E-state index in [4.69, 9.17) is 92.8 Å². The Morgan fingerprint density at radius 1 is 0.364 bits per heavy atom. The molecule has 0 fully saturated rings. The summed E-state index contributed by atoms with van der Waals surface area (Å²) in [6, 6.07) is 8.99. The molecular weight excluding hydrogens is 748 g/mol. The van der Waals surface area contributed by atoms with Crippen LogP contribution in [-0.2, 0) is 0 Å². The van der Waals surface area contributed by atoms with Gasteiger partial charge in [-0.3, -0.25) is 0 Å². The van der Waals surface area contributed by atoms with Gasteiger partial charge in [0.25, 0.3) is 0 Å². The van der Waals surface area contributed by atoms with Gasteiger partial charge in [0, 0.05) is 57.7 Å². The number of rotatable bonds is 4. The molecule has 0 unspecified atom stereocenters. The van der Waals surface area contributed by atoms with Crippen LogP contribution >= 0.6 is 92.8 Å². The predicted molar refractivity (Wildman–Crippen MR) is 175 cm³/mol. The molecule has 0 spiro atoms. The van der Waals surface area contributed by atoms with Crippen molar-refractivity contribution < 1.29 is 40.9 Å². The zero-order chi connectivity index (χ0) is 33.2. The van der Waals surface area contributed by atoms with Gasteiger partial charge >= 0.3 is 0 Å². The van der Waals surface area contributed by atoms with Gasteiger partial charge in [-0.2, -0.15) is 0 Å². The lowest BCUT2D eigenvalue weighted by Gasteiger charge is -2.14. The van der Waals surface area contributed by atoms with Crippen molar-refractivity contribution >= 4 is 104 Å². The summed E-state index contributed by atoms with van der Waals surface area (Å²) in [4.78, 5) is 0. The molecule has 44 heavy (non-hydrogen) atoms. The van der Waals surface area contributed by atoms with Crippen molar-refractivity contribution in [1.82, 2.24) is 0 Å². The molecular formula is C28H16Cl8O8. The van der Waals surface area contributed by atoms with Gasteiger partial charge in [-0.1, -0.05) is 92.8 Å². The average Bonchev–Trinajstić information content (AvgIpc) is 2.91. The highest BCUT2D eigenvalue weighted by atomic mass is 35.5. The molecule has 16 heteroatoms. The zero-order valence-electron chi connectivity index (χ0n) is 21.2. The Morgan fingerprint density at radius 2 is 0.682 bits per heavy atom. The van der Waals surface area contributed by atoms with E-state index in [1.54, 1.807) is 0 Å². The first-order chi connectivity index (χ1) is 20.4. The number of phenols is 8. The second-order valence-electron chi connectivity index (χ2n) is 8.56. The lowest BCUT2D eigenvalue weighted by atomic mass is 9.97. The molecule has 0 saturated carbocycles. The number of phenolic OH excluding ortho intramolecular Hbond substituents is 8. The minimum Gasteiger partial charge on any atom is -0.508 e. The van der Waals surface area contributed by atoms with Crippen LogP contribution in [0.15, 0.2) is 57.5 Å². The predicted octanol–water partition coefficient (Wildman–Crippen LogP) is 10.0. The molecule has 0 heterocycles. The molecule has 8 nitrogen and oxygen atoms in total. The highest BCUT2D eigenvalue weighted by Gasteiger charge is 2.23. The monoisotopic (exact) mass is 760 g/mol. The van der Waals surface area contributed by atoms with Crippen molar-refractivity contribution in [1.29, 1.82) is 0 Å². The van der Waals surface area contributed by atoms with Crippen LogP contribution in [0, 0.1) is 0 Å². The number of hydrogen-bond acceptors (Lipinski definition) is 8. The third kappa shape index (κ3) is 7.83. The number of aromatic hydroxyl groups is 8. The highest BCUT2D eigenvalue weighted by Crippen LogP contribution is 2.47. The lowest BCUT2D eigenvalue weighted by Crippen LogP contribution is -1.92. The topological polar surface area (TPSA) is 162 Å². The van der Waals surface area contributed by atoms with E-state index in [1.165, 1.54) is 0 Å². The first-order valence-electron chi connectivity index (χ1n) is 11.4. The van der Waals surface area contributed by atoms with Crippen molar-refractivity contribution in [3.05, 3.63) is 99.9 Å². The van der Waals surface area contributed by atoms with Crippen LogP contribution in [0.5, 0.6) is 46.0 Å². The fourth-order valence-electron chi connectivity index (χ4n) is 3.75. The van der Waals surface area contributed by atoms with E-state index in [9.17, 15) is 40.9 Å². The normalized spacial score (nSPS) is 10.5. The van der Waals surface area contributed by atoms with Crippen molar-refractivity contribution in [2.24, 2.45) is 0 Å². The molecule has 4 aromatic carbocycles. The van der Waals surface area contributed by atoms with E-state index in [0.717, 1.165) is 48.5 Å². The van der Waals surface area contributed by atoms with Gasteiger partial charge in [0.2, 0.25) is 0 Å². The number of benzene rings is 4. The summed E-state index contributed by atoms with van der Waals surface area (Å²) in [6.45, 7) is 0. The van der Waals surface area contributed by atoms with Crippen molar-refractivity contribution in [3.63, 3.8) is 0 Å². The summed E-state index contributed by atoms with van der Waals surface area (Å²) in [6.07, 6.45) is 0. The molecule has 0 aliphatic carbocycles. The van der Waals surface area contributed by atoms with Crippen LogP contribution in [0.1, 0.15) is 22.3 Å². The SMILES string of the molecule is Oc1cc(C(=C(Cl)Cl)c2cc(O)c(Cl)cc2O)c(O)cc1Cl.Oc1cc(Cl)c(O)c(C(=C(Cl)Cl)c2cc(O)cc(Cl)c2O)c1. The standard InChI is InChI=1S/2C14H8Cl4O4/c15-7-3-9(19)5(1-11(7)21)13(14(17)18)6-2-12(22)8(16)4-10(6)20;15-9-3-5(19)1-7(12(9)21)11(14(17)18)8-2-6(20)4-10(16)13(8)22/h2*1-4,19-22H. The van der Waals surface area contributed by atoms with Crippen molar-refractivity contribution in [2.45, 2.75) is 0 Å². The molecule has 0 saturated heterocycles. The molecule has 0 amide bonds. The van der Waals surface area contributed by atoms with Gasteiger partial charge in [-0.15, -0.1) is 0 Å². The van der Waals surface area contributed by atoms with Gasteiger partial charge in [0.15, 0.2) is 0 Å². The molecule has 0 radical (unpaired) electrons. The van der Waals surface area contributed by atoms with E-state index >= 15 is 0 Å². The maximum Gasteiger partial charge on any atom is 0.142 e. The van der Waals surface area contributed by atoms with E-state index in [1.807, 2.05) is 0 Å². The molecule has 232 valence electrons. The molecule has 0 aliphatic heterocycles. The summed E-state index contributed by atoms with van der Waals surface area (Å²) < 4.78 is -0.650. The molecule has 8 N–H and O–H groups in total. The van der Waals surface area contributed by atoms with Crippen LogP contribution < -0.4 is 0 Å². The smallest absolute Gasteiger partial charge is 0.142 e. The maximum absolute atomic E-state index is 10.1. The number of halogens is 8. The van der Waals surface area contributed by atoms with Crippen LogP contribution in [-0.4, -0.2) is 40.9 Å². The minimum absolute atomic E-state index is 0.0129. The Bertz CT molecular complexity index is 1710. The molecule has 4 rings (SSSR count). The van der Waals surface area contributed by atoms with E-state index in [-0.39, 0.29) is 97.0 Å².